The van der Waals surface area contributed by atoms with E-state index in [0.717, 1.165) is 25.2 Å². The van der Waals surface area contributed by atoms with Crippen molar-refractivity contribution >= 4 is 67.8 Å². The number of hydrogen-bond acceptors (Lipinski definition) is 2. The summed E-state index contributed by atoms with van der Waals surface area (Å²) in [7, 11) is 0. The highest BCUT2D eigenvalue weighted by Crippen LogP contribution is 2.29. The fourth-order valence-corrected chi connectivity index (χ4v) is 6.01. The van der Waals surface area contributed by atoms with Crippen molar-refractivity contribution in [3.63, 3.8) is 0 Å². The monoisotopic (exact) mass is 628 g/mol. The molecule has 0 unspecified atom stereocenters. The Labute approximate surface area is 169 Å². The van der Waals surface area contributed by atoms with Gasteiger partial charge in [-0.25, -0.2) is 0 Å². The molecule has 0 aliphatic heterocycles. The third kappa shape index (κ3) is 9.14. The van der Waals surface area contributed by atoms with Gasteiger partial charge in [-0.3, -0.25) is 0 Å². The standard InChI is InChI=1S/C16H23I3O2/c17-13-11-14(18)16(15(19)12-13)21-10-8-6-4-2-1-3-5-7-9-20/h11-12,20H,1-10H2. The fraction of sp³-hybridized carbons (Fsp3) is 0.625. The molecule has 1 rings (SSSR count). The minimum Gasteiger partial charge on any atom is -0.491 e. The van der Waals surface area contributed by atoms with E-state index in [-0.39, 0.29) is 0 Å². The molecule has 0 saturated heterocycles. The first-order valence-electron chi connectivity index (χ1n) is 7.53. The van der Waals surface area contributed by atoms with Crippen LogP contribution in [0.15, 0.2) is 12.1 Å². The Hall–Kier alpha value is 1.17. The van der Waals surface area contributed by atoms with Crippen LogP contribution in [0.3, 0.4) is 0 Å². The van der Waals surface area contributed by atoms with E-state index in [1.165, 1.54) is 49.2 Å². The number of aliphatic hydroxyl groups is 1. The Morgan fingerprint density at radius 1 is 0.762 bits per heavy atom. The second-order valence-corrected chi connectivity index (χ2v) is 8.67. The molecule has 0 atom stereocenters. The molecule has 0 aromatic heterocycles. The van der Waals surface area contributed by atoms with Gasteiger partial charge in [-0.2, -0.15) is 0 Å². The molecular formula is C16H23I3O2. The first-order valence-corrected chi connectivity index (χ1v) is 10.8. The lowest BCUT2D eigenvalue weighted by molar-refractivity contribution is 0.282. The molecule has 21 heavy (non-hydrogen) atoms. The molecule has 5 heteroatoms. The molecule has 0 aliphatic carbocycles. The lowest BCUT2D eigenvalue weighted by atomic mass is 10.1. The second-order valence-electron chi connectivity index (χ2n) is 5.10. The third-order valence-electron chi connectivity index (χ3n) is 3.26. The fourth-order valence-electron chi connectivity index (χ4n) is 2.12. The molecule has 0 heterocycles. The maximum absolute atomic E-state index is 8.70. The van der Waals surface area contributed by atoms with Crippen LogP contribution in [-0.4, -0.2) is 18.3 Å². The van der Waals surface area contributed by atoms with Crippen LogP contribution in [-0.2, 0) is 0 Å². The summed E-state index contributed by atoms with van der Waals surface area (Å²) in [5.41, 5.74) is 0. The van der Waals surface area contributed by atoms with E-state index in [2.05, 4.69) is 79.9 Å². The van der Waals surface area contributed by atoms with E-state index in [1.807, 2.05) is 0 Å². The van der Waals surface area contributed by atoms with Gasteiger partial charge >= 0.3 is 0 Å². The summed E-state index contributed by atoms with van der Waals surface area (Å²) in [5.74, 6) is 1.04. The van der Waals surface area contributed by atoms with E-state index < -0.39 is 0 Å². The molecule has 0 bridgehead atoms. The molecular weight excluding hydrogens is 605 g/mol. The number of ether oxygens (including phenoxy) is 1. The van der Waals surface area contributed by atoms with Gasteiger partial charge in [0.2, 0.25) is 0 Å². The summed E-state index contributed by atoms with van der Waals surface area (Å²) < 4.78 is 9.60. The Balaban J connectivity index is 2.07. The quantitative estimate of drug-likeness (QED) is 0.241. The molecule has 0 spiro atoms. The van der Waals surface area contributed by atoms with Crippen molar-refractivity contribution in [1.29, 1.82) is 0 Å². The van der Waals surface area contributed by atoms with Crippen LogP contribution in [0.2, 0.25) is 0 Å². The Morgan fingerprint density at radius 2 is 1.24 bits per heavy atom. The van der Waals surface area contributed by atoms with Gasteiger partial charge in [0.15, 0.2) is 0 Å². The lowest BCUT2D eigenvalue weighted by Gasteiger charge is -2.11. The van der Waals surface area contributed by atoms with Crippen molar-refractivity contribution in [2.45, 2.75) is 51.4 Å². The van der Waals surface area contributed by atoms with E-state index in [9.17, 15) is 0 Å². The molecule has 0 fully saturated rings. The number of hydrogen-bond donors (Lipinski definition) is 1. The molecule has 0 aliphatic rings. The molecule has 0 amide bonds. The molecule has 1 N–H and O–H groups in total. The van der Waals surface area contributed by atoms with Crippen molar-refractivity contribution in [2.24, 2.45) is 0 Å². The van der Waals surface area contributed by atoms with Crippen molar-refractivity contribution in [3.8, 4) is 5.75 Å². The zero-order valence-corrected chi connectivity index (χ0v) is 18.7. The number of rotatable bonds is 11. The molecule has 2 nitrogen and oxygen atoms in total. The van der Waals surface area contributed by atoms with Crippen LogP contribution in [0.5, 0.6) is 5.75 Å². The number of benzene rings is 1. The van der Waals surface area contributed by atoms with Crippen LogP contribution in [0, 0.1) is 10.7 Å². The highest BCUT2D eigenvalue weighted by atomic mass is 127. The zero-order valence-electron chi connectivity index (χ0n) is 12.2. The van der Waals surface area contributed by atoms with Crippen LogP contribution < -0.4 is 4.74 Å². The molecule has 1 aromatic carbocycles. The van der Waals surface area contributed by atoms with Gasteiger partial charge in [0, 0.05) is 10.2 Å². The SMILES string of the molecule is OCCCCCCCCCCOc1c(I)cc(I)cc1I. The van der Waals surface area contributed by atoms with Gasteiger partial charge in [-0.1, -0.05) is 38.5 Å². The minimum atomic E-state index is 0.341. The molecule has 1 aromatic rings. The van der Waals surface area contributed by atoms with Crippen molar-refractivity contribution in [2.75, 3.05) is 13.2 Å². The Morgan fingerprint density at radius 3 is 1.76 bits per heavy atom. The summed E-state index contributed by atoms with van der Waals surface area (Å²) in [6.07, 6.45) is 9.67. The minimum absolute atomic E-state index is 0.341. The van der Waals surface area contributed by atoms with Gasteiger partial charge in [0.1, 0.15) is 5.75 Å². The summed E-state index contributed by atoms with van der Waals surface area (Å²) in [6, 6.07) is 4.32. The van der Waals surface area contributed by atoms with Crippen molar-refractivity contribution in [3.05, 3.63) is 22.8 Å². The highest BCUT2D eigenvalue weighted by molar-refractivity contribution is 14.1. The van der Waals surface area contributed by atoms with Crippen LogP contribution in [0.1, 0.15) is 51.4 Å². The van der Waals surface area contributed by atoms with Crippen molar-refractivity contribution in [1.82, 2.24) is 0 Å². The van der Waals surface area contributed by atoms with Crippen LogP contribution in [0.25, 0.3) is 0 Å². The van der Waals surface area contributed by atoms with E-state index >= 15 is 0 Å². The van der Waals surface area contributed by atoms with E-state index in [4.69, 9.17) is 9.84 Å². The van der Waals surface area contributed by atoms with Gasteiger partial charge in [-0.05, 0) is 92.7 Å². The normalized spacial score (nSPS) is 10.9. The van der Waals surface area contributed by atoms with Crippen molar-refractivity contribution < 1.29 is 9.84 Å². The zero-order chi connectivity index (χ0) is 15.5. The average molecular weight is 628 g/mol. The first kappa shape index (κ1) is 20.2. The number of halogens is 3. The summed E-state index contributed by atoms with van der Waals surface area (Å²) in [6.45, 7) is 1.16. The smallest absolute Gasteiger partial charge is 0.145 e. The summed E-state index contributed by atoms with van der Waals surface area (Å²) in [4.78, 5) is 0. The second kappa shape index (κ2) is 12.6. The predicted octanol–water partition coefficient (Wildman–Crippen LogP) is 5.99. The van der Waals surface area contributed by atoms with Crippen LogP contribution >= 0.6 is 67.8 Å². The number of aliphatic hydroxyl groups excluding tert-OH is 1. The summed E-state index contributed by atoms with van der Waals surface area (Å²) >= 11 is 7.04. The number of unbranched alkanes of at least 4 members (excludes halogenated alkanes) is 7. The summed E-state index contributed by atoms with van der Waals surface area (Å²) in [5, 5.41) is 8.70. The maximum Gasteiger partial charge on any atom is 0.145 e. The van der Waals surface area contributed by atoms with Gasteiger partial charge in [-0.15, -0.1) is 0 Å². The molecule has 120 valence electrons. The lowest BCUT2D eigenvalue weighted by Crippen LogP contribution is -2.01. The van der Waals surface area contributed by atoms with Crippen LogP contribution in [0.4, 0.5) is 0 Å². The van der Waals surface area contributed by atoms with Gasteiger partial charge in [0.25, 0.3) is 0 Å². The maximum atomic E-state index is 8.70. The first-order chi connectivity index (χ1) is 10.1. The predicted molar refractivity (Wildman–Crippen MR) is 114 cm³/mol. The Kier molecular flexibility index (Phi) is 12.1. The third-order valence-corrected chi connectivity index (χ3v) is 5.49. The van der Waals surface area contributed by atoms with E-state index in [1.54, 1.807) is 0 Å². The molecule has 0 saturated carbocycles. The topological polar surface area (TPSA) is 29.5 Å². The Bertz CT molecular complexity index is 388. The van der Waals surface area contributed by atoms with Gasteiger partial charge < -0.3 is 9.84 Å². The molecule has 0 radical (unpaired) electrons. The largest absolute Gasteiger partial charge is 0.491 e. The van der Waals surface area contributed by atoms with E-state index in [0.29, 0.717) is 6.61 Å². The highest BCUT2D eigenvalue weighted by Gasteiger charge is 2.07. The average Bonchev–Trinajstić information content (AvgIpc) is 2.43. The van der Waals surface area contributed by atoms with Gasteiger partial charge in [0.05, 0.1) is 13.7 Å².